The van der Waals surface area contributed by atoms with Crippen LogP contribution in [-0.2, 0) is 0 Å². The first-order valence-electron chi connectivity index (χ1n) is 7.31. The molecule has 3 nitrogen and oxygen atoms in total. The molecular formula is C14H27N3. The van der Waals surface area contributed by atoms with Gasteiger partial charge in [0.25, 0.3) is 0 Å². The third kappa shape index (κ3) is 3.01. The number of nitrogens with zero attached hydrogens (tertiary/aromatic N) is 1. The molecule has 17 heavy (non-hydrogen) atoms. The molecule has 1 saturated carbocycles. The Bertz CT molecular complexity index is 262. The minimum Gasteiger partial charge on any atom is -0.388 e. The van der Waals surface area contributed by atoms with Crippen molar-refractivity contribution in [3.8, 4) is 0 Å². The molecule has 0 aromatic heterocycles. The first-order valence-corrected chi connectivity index (χ1v) is 7.31. The van der Waals surface area contributed by atoms with Crippen molar-refractivity contribution in [3.63, 3.8) is 0 Å². The largest absolute Gasteiger partial charge is 0.388 e. The van der Waals surface area contributed by atoms with Gasteiger partial charge in [-0.3, -0.25) is 10.3 Å². The summed E-state index contributed by atoms with van der Waals surface area (Å²) < 4.78 is 0. The molecule has 1 saturated heterocycles. The number of rotatable bonds is 4. The van der Waals surface area contributed by atoms with Gasteiger partial charge in [-0.2, -0.15) is 0 Å². The number of nitrogens with two attached hydrogens (primary N) is 1. The maximum Gasteiger partial charge on any atom is 0.0921 e. The number of amidine groups is 1. The molecule has 0 spiro atoms. The van der Waals surface area contributed by atoms with Crippen LogP contribution in [0.3, 0.4) is 0 Å². The molecule has 0 bridgehead atoms. The molecule has 1 aliphatic heterocycles. The zero-order valence-corrected chi connectivity index (χ0v) is 11.1. The van der Waals surface area contributed by atoms with Gasteiger partial charge in [0.2, 0.25) is 0 Å². The molecule has 2 aliphatic rings. The van der Waals surface area contributed by atoms with Gasteiger partial charge in [0.15, 0.2) is 0 Å². The average molecular weight is 237 g/mol. The highest BCUT2D eigenvalue weighted by Gasteiger charge is 2.36. The molecule has 3 N–H and O–H groups in total. The Morgan fingerprint density at radius 2 is 2.00 bits per heavy atom. The lowest BCUT2D eigenvalue weighted by atomic mass is 9.77. The van der Waals surface area contributed by atoms with E-state index in [4.69, 9.17) is 11.1 Å². The van der Waals surface area contributed by atoms with Crippen molar-refractivity contribution >= 4 is 5.84 Å². The molecule has 2 rings (SSSR count). The second-order valence-corrected chi connectivity index (χ2v) is 5.78. The van der Waals surface area contributed by atoms with Gasteiger partial charge in [-0.15, -0.1) is 0 Å². The zero-order chi connectivity index (χ0) is 12.3. The quantitative estimate of drug-likeness (QED) is 0.583. The predicted molar refractivity (Wildman–Crippen MR) is 72.3 cm³/mol. The van der Waals surface area contributed by atoms with Crippen LogP contribution in [0.15, 0.2) is 0 Å². The smallest absolute Gasteiger partial charge is 0.0921 e. The molecular weight excluding hydrogens is 210 g/mol. The zero-order valence-electron chi connectivity index (χ0n) is 11.1. The molecule has 0 radical (unpaired) electrons. The van der Waals surface area contributed by atoms with Gasteiger partial charge in [0.1, 0.15) is 0 Å². The molecule has 1 unspecified atom stereocenters. The highest BCUT2D eigenvalue weighted by Crippen LogP contribution is 2.37. The molecule has 3 atom stereocenters. The summed E-state index contributed by atoms with van der Waals surface area (Å²) in [6, 6.07) is 1.31. The number of hydrogen-bond donors (Lipinski definition) is 2. The first-order chi connectivity index (χ1) is 8.22. The second kappa shape index (κ2) is 5.85. The molecule has 2 fully saturated rings. The number of fused-ring (bicyclic) bond motifs is 1. The fourth-order valence-corrected chi connectivity index (χ4v) is 3.87. The van der Waals surface area contributed by atoms with E-state index in [1.54, 1.807) is 0 Å². The van der Waals surface area contributed by atoms with Crippen molar-refractivity contribution in [2.75, 3.05) is 6.54 Å². The minimum absolute atomic E-state index is 0.356. The SMILES string of the molecule is CCC(CC(=N)N)N1CCC[C@H]2CCCC[C@H]21. The predicted octanol–water partition coefficient (Wildman–Crippen LogP) is 2.75. The van der Waals surface area contributed by atoms with Gasteiger partial charge < -0.3 is 5.73 Å². The molecule has 0 amide bonds. The van der Waals surface area contributed by atoms with E-state index < -0.39 is 0 Å². The van der Waals surface area contributed by atoms with Gasteiger partial charge in [0, 0.05) is 18.5 Å². The maximum absolute atomic E-state index is 7.53. The third-order valence-electron chi connectivity index (χ3n) is 4.68. The Hall–Kier alpha value is -0.570. The highest BCUT2D eigenvalue weighted by molar-refractivity contribution is 5.77. The fourth-order valence-electron chi connectivity index (χ4n) is 3.87. The number of likely N-dealkylation sites (tertiary alicyclic amines) is 1. The van der Waals surface area contributed by atoms with Gasteiger partial charge in [-0.05, 0) is 44.6 Å². The van der Waals surface area contributed by atoms with Crippen LogP contribution in [-0.4, -0.2) is 29.4 Å². The summed E-state index contributed by atoms with van der Waals surface area (Å²) in [6.07, 6.45) is 10.3. The lowest BCUT2D eigenvalue weighted by molar-refractivity contribution is 0.0264. The summed E-state index contributed by atoms with van der Waals surface area (Å²) in [5.74, 6) is 1.29. The molecule has 1 aliphatic carbocycles. The van der Waals surface area contributed by atoms with Crippen LogP contribution in [0.25, 0.3) is 0 Å². The van der Waals surface area contributed by atoms with Crippen molar-refractivity contribution in [3.05, 3.63) is 0 Å². The normalized spacial score (nSPS) is 31.8. The van der Waals surface area contributed by atoms with Gasteiger partial charge >= 0.3 is 0 Å². The Morgan fingerprint density at radius 3 is 2.71 bits per heavy atom. The second-order valence-electron chi connectivity index (χ2n) is 5.78. The van der Waals surface area contributed by atoms with Crippen LogP contribution in [0, 0.1) is 11.3 Å². The monoisotopic (exact) mass is 237 g/mol. The summed E-state index contributed by atoms with van der Waals surface area (Å²) in [6.45, 7) is 3.47. The van der Waals surface area contributed by atoms with Crippen LogP contribution < -0.4 is 5.73 Å². The van der Waals surface area contributed by atoms with Crippen molar-refractivity contribution < 1.29 is 0 Å². The third-order valence-corrected chi connectivity index (χ3v) is 4.68. The molecule has 1 heterocycles. The molecule has 3 heteroatoms. The number of piperidine rings is 1. The Kier molecular flexibility index (Phi) is 4.43. The van der Waals surface area contributed by atoms with Gasteiger partial charge in [-0.25, -0.2) is 0 Å². The van der Waals surface area contributed by atoms with Crippen molar-refractivity contribution in [1.82, 2.24) is 4.90 Å². The summed E-state index contributed by atoms with van der Waals surface area (Å²) in [5, 5.41) is 7.53. The van der Waals surface area contributed by atoms with E-state index in [9.17, 15) is 0 Å². The Balaban J connectivity index is 2.03. The van der Waals surface area contributed by atoms with E-state index in [0.29, 0.717) is 11.9 Å². The van der Waals surface area contributed by atoms with Crippen LogP contribution in [0.4, 0.5) is 0 Å². The van der Waals surface area contributed by atoms with Crippen LogP contribution >= 0.6 is 0 Å². The van der Waals surface area contributed by atoms with Crippen LogP contribution in [0.5, 0.6) is 0 Å². The standard InChI is InChI=1S/C14H27N3/c1-2-12(10-14(15)16)17-9-5-7-11-6-3-4-8-13(11)17/h11-13H,2-10H2,1H3,(H3,15,16)/t11-,12?,13-/m1/s1. The van der Waals surface area contributed by atoms with Crippen molar-refractivity contribution in [2.24, 2.45) is 11.7 Å². The molecule has 0 aromatic rings. The summed E-state index contributed by atoms with van der Waals surface area (Å²) in [7, 11) is 0. The van der Waals surface area contributed by atoms with Gasteiger partial charge in [0.05, 0.1) is 5.84 Å². The van der Waals surface area contributed by atoms with E-state index >= 15 is 0 Å². The summed E-state index contributed by atoms with van der Waals surface area (Å²) in [5.41, 5.74) is 5.60. The van der Waals surface area contributed by atoms with Gasteiger partial charge in [-0.1, -0.05) is 19.8 Å². The highest BCUT2D eigenvalue weighted by atomic mass is 15.2. The summed E-state index contributed by atoms with van der Waals surface area (Å²) in [4.78, 5) is 2.69. The van der Waals surface area contributed by atoms with Crippen LogP contribution in [0.2, 0.25) is 0 Å². The van der Waals surface area contributed by atoms with E-state index in [-0.39, 0.29) is 0 Å². The Labute approximate surface area is 105 Å². The number of nitrogens with one attached hydrogen (secondary N) is 1. The molecule has 98 valence electrons. The van der Waals surface area contributed by atoms with E-state index in [2.05, 4.69) is 11.8 Å². The minimum atomic E-state index is 0.356. The topological polar surface area (TPSA) is 53.1 Å². The van der Waals surface area contributed by atoms with Crippen molar-refractivity contribution in [1.29, 1.82) is 5.41 Å². The lowest BCUT2D eigenvalue weighted by Crippen LogP contribution is -2.52. The average Bonchev–Trinajstić information content (AvgIpc) is 2.35. The first kappa shape index (κ1) is 12.9. The fraction of sp³-hybridized carbons (Fsp3) is 0.929. The van der Waals surface area contributed by atoms with E-state index in [1.807, 2.05) is 0 Å². The Morgan fingerprint density at radius 1 is 1.29 bits per heavy atom. The number of hydrogen-bond acceptors (Lipinski definition) is 2. The van der Waals surface area contributed by atoms with Crippen molar-refractivity contribution in [2.45, 2.75) is 70.4 Å². The van der Waals surface area contributed by atoms with Crippen LogP contribution in [0.1, 0.15) is 58.3 Å². The van der Waals surface area contributed by atoms with E-state index in [0.717, 1.165) is 24.8 Å². The van der Waals surface area contributed by atoms with E-state index in [1.165, 1.54) is 45.1 Å². The summed E-state index contributed by atoms with van der Waals surface area (Å²) >= 11 is 0. The maximum atomic E-state index is 7.53. The lowest BCUT2D eigenvalue weighted by Gasteiger charge is -2.47. The molecule has 0 aromatic carbocycles.